The van der Waals surface area contributed by atoms with Gasteiger partial charge < -0.3 is 5.32 Å². The molecule has 1 aromatic carbocycles. The van der Waals surface area contributed by atoms with Gasteiger partial charge in [0, 0.05) is 27.4 Å². The van der Waals surface area contributed by atoms with E-state index < -0.39 is 0 Å². The summed E-state index contributed by atoms with van der Waals surface area (Å²) in [6, 6.07) is 12.2. The molecular formula is C14H12BrN3S. The number of anilines is 1. The number of hydrogen-bond acceptors (Lipinski definition) is 3. The molecule has 0 saturated heterocycles. The third kappa shape index (κ3) is 2.72. The van der Waals surface area contributed by atoms with Crippen LogP contribution >= 0.6 is 27.3 Å². The van der Waals surface area contributed by atoms with Gasteiger partial charge in [0.15, 0.2) is 0 Å². The van der Waals surface area contributed by atoms with Gasteiger partial charge in [-0.2, -0.15) is 0 Å². The van der Waals surface area contributed by atoms with E-state index in [1.165, 1.54) is 4.88 Å². The van der Waals surface area contributed by atoms with E-state index >= 15 is 0 Å². The fraction of sp³-hybridized carbons (Fsp3) is 0.0714. The maximum Gasteiger partial charge on any atom is 0.207 e. The summed E-state index contributed by atoms with van der Waals surface area (Å²) in [6.07, 6.45) is 3.76. The van der Waals surface area contributed by atoms with Crippen molar-refractivity contribution in [3.8, 4) is 5.69 Å². The zero-order chi connectivity index (χ0) is 13.1. The van der Waals surface area contributed by atoms with Crippen molar-refractivity contribution in [2.24, 2.45) is 0 Å². The lowest BCUT2D eigenvalue weighted by Crippen LogP contribution is -2.05. The molecule has 0 unspecified atom stereocenters. The highest BCUT2D eigenvalue weighted by Crippen LogP contribution is 2.23. The number of benzene rings is 1. The Bertz CT molecular complexity index is 660. The zero-order valence-corrected chi connectivity index (χ0v) is 12.5. The molecule has 0 bridgehead atoms. The highest BCUT2D eigenvalue weighted by molar-refractivity contribution is 9.10. The molecule has 2 aromatic heterocycles. The zero-order valence-electron chi connectivity index (χ0n) is 10.1. The first-order valence-corrected chi connectivity index (χ1v) is 7.56. The number of imidazole rings is 1. The van der Waals surface area contributed by atoms with Gasteiger partial charge in [-0.15, -0.1) is 11.3 Å². The van der Waals surface area contributed by atoms with E-state index in [9.17, 15) is 0 Å². The number of halogens is 1. The molecule has 3 aromatic rings. The monoisotopic (exact) mass is 333 g/mol. The average molecular weight is 334 g/mol. The molecule has 5 heteroatoms. The maximum atomic E-state index is 4.36. The molecule has 0 fully saturated rings. The van der Waals surface area contributed by atoms with Crippen molar-refractivity contribution in [3.63, 3.8) is 0 Å². The lowest BCUT2D eigenvalue weighted by atomic mass is 10.3. The summed E-state index contributed by atoms with van der Waals surface area (Å²) < 4.78 is 3.18. The predicted octanol–water partition coefficient (Wildman–Crippen LogP) is 4.31. The van der Waals surface area contributed by atoms with Crippen LogP contribution in [0, 0.1) is 0 Å². The fourth-order valence-electron chi connectivity index (χ4n) is 1.84. The highest BCUT2D eigenvalue weighted by Gasteiger charge is 2.06. The van der Waals surface area contributed by atoms with Crippen LogP contribution < -0.4 is 5.32 Å². The van der Waals surface area contributed by atoms with Crippen molar-refractivity contribution < 1.29 is 0 Å². The van der Waals surface area contributed by atoms with Crippen LogP contribution in [0.3, 0.4) is 0 Å². The van der Waals surface area contributed by atoms with Crippen molar-refractivity contribution in [1.29, 1.82) is 0 Å². The van der Waals surface area contributed by atoms with Gasteiger partial charge in [-0.25, -0.2) is 4.98 Å². The minimum Gasteiger partial charge on any atom is -0.350 e. The molecule has 1 N–H and O–H groups in total. The van der Waals surface area contributed by atoms with Crippen molar-refractivity contribution in [3.05, 3.63) is 63.5 Å². The first-order chi connectivity index (χ1) is 9.34. The topological polar surface area (TPSA) is 29.9 Å². The Hall–Kier alpha value is -1.59. The number of rotatable bonds is 4. The van der Waals surface area contributed by atoms with Gasteiger partial charge in [-0.05, 0) is 39.5 Å². The Morgan fingerprint density at radius 3 is 2.79 bits per heavy atom. The normalized spacial score (nSPS) is 10.6. The summed E-state index contributed by atoms with van der Waals surface area (Å²) in [5.41, 5.74) is 1.10. The third-order valence-electron chi connectivity index (χ3n) is 2.77. The molecule has 0 aliphatic carbocycles. The summed E-state index contributed by atoms with van der Waals surface area (Å²) in [5, 5.41) is 5.44. The second-order valence-electron chi connectivity index (χ2n) is 4.00. The second-order valence-corrected chi connectivity index (χ2v) is 5.86. The van der Waals surface area contributed by atoms with E-state index in [-0.39, 0.29) is 0 Å². The minimum absolute atomic E-state index is 0.766. The lowest BCUT2D eigenvalue weighted by Gasteiger charge is -2.09. The molecule has 0 atom stereocenters. The molecule has 0 amide bonds. The number of para-hydroxylation sites is 1. The van der Waals surface area contributed by atoms with E-state index in [2.05, 4.69) is 49.8 Å². The Kier molecular flexibility index (Phi) is 3.66. The van der Waals surface area contributed by atoms with Gasteiger partial charge in [0.25, 0.3) is 0 Å². The summed E-state index contributed by atoms with van der Waals surface area (Å²) in [7, 11) is 0. The second kappa shape index (κ2) is 5.59. The number of aromatic nitrogens is 2. The van der Waals surface area contributed by atoms with Crippen LogP contribution in [-0.4, -0.2) is 9.55 Å². The smallest absolute Gasteiger partial charge is 0.207 e. The van der Waals surface area contributed by atoms with Crippen LogP contribution in [0.15, 0.2) is 58.6 Å². The van der Waals surface area contributed by atoms with E-state index in [0.29, 0.717) is 0 Å². The van der Waals surface area contributed by atoms with Gasteiger partial charge in [0.05, 0.1) is 6.54 Å². The molecule has 2 heterocycles. The number of hydrogen-bond donors (Lipinski definition) is 1. The lowest BCUT2D eigenvalue weighted by molar-refractivity contribution is 1.01. The molecule has 3 rings (SSSR count). The van der Waals surface area contributed by atoms with Crippen molar-refractivity contribution in [2.45, 2.75) is 6.54 Å². The van der Waals surface area contributed by atoms with Crippen molar-refractivity contribution in [2.75, 3.05) is 5.32 Å². The molecular weight excluding hydrogens is 322 g/mol. The standard InChI is InChI=1S/C14H12BrN3S/c15-12-6-9-19-13(12)10-17-14-16-7-8-18(14)11-4-2-1-3-5-11/h1-9H,10H2,(H,16,17). The third-order valence-corrected chi connectivity index (χ3v) is 4.70. The van der Waals surface area contributed by atoms with Gasteiger partial charge >= 0.3 is 0 Å². The molecule has 19 heavy (non-hydrogen) atoms. The van der Waals surface area contributed by atoms with Crippen LogP contribution in [0.1, 0.15) is 4.88 Å². The van der Waals surface area contributed by atoms with Crippen LogP contribution in [0.4, 0.5) is 5.95 Å². The van der Waals surface area contributed by atoms with E-state index in [4.69, 9.17) is 0 Å². The highest BCUT2D eigenvalue weighted by atomic mass is 79.9. The summed E-state index contributed by atoms with van der Waals surface area (Å²) in [4.78, 5) is 5.63. The Balaban J connectivity index is 1.80. The Morgan fingerprint density at radius 2 is 2.05 bits per heavy atom. The molecule has 0 aliphatic heterocycles. The summed E-state index contributed by atoms with van der Waals surface area (Å²) in [6.45, 7) is 0.766. The largest absolute Gasteiger partial charge is 0.350 e. The fourth-order valence-corrected chi connectivity index (χ4v) is 3.27. The number of thiophene rings is 1. The molecule has 0 radical (unpaired) electrons. The Labute approximate surface area is 124 Å². The van der Waals surface area contributed by atoms with E-state index in [1.54, 1.807) is 17.5 Å². The quantitative estimate of drug-likeness (QED) is 0.771. The molecule has 0 spiro atoms. The molecule has 96 valence electrons. The SMILES string of the molecule is Brc1ccsc1CNc1nccn1-c1ccccc1. The summed E-state index contributed by atoms with van der Waals surface area (Å²) in [5.74, 6) is 0.853. The van der Waals surface area contributed by atoms with Gasteiger partial charge in [-0.3, -0.25) is 4.57 Å². The van der Waals surface area contributed by atoms with E-state index in [1.807, 2.05) is 29.0 Å². The van der Waals surface area contributed by atoms with Crippen LogP contribution in [0.5, 0.6) is 0 Å². The van der Waals surface area contributed by atoms with E-state index in [0.717, 1.165) is 22.7 Å². The Morgan fingerprint density at radius 1 is 1.21 bits per heavy atom. The number of nitrogens with one attached hydrogen (secondary N) is 1. The maximum absolute atomic E-state index is 4.36. The van der Waals surface area contributed by atoms with Gasteiger partial charge in [0.2, 0.25) is 5.95 Å². The molecule has 3 nitrogen and oxygen atoms in total. The van der Waals surface area contributed by atoms with Crippen molar-refractivity contribution >= 4 is 33.2 Å². The number of nitrogens with zero attached hydrogens (tertiary/aromatic N) is 2. The first kappa shape index (κ1) is 12.4. The predicted molar refractivity (Wildman–Crippen MR) is 82.9 cm³/mol. The van der Waals surface area contributed by atoms with Gasteiger partial charge in [-0.1, -0.05) is 18.2 Å². The first-order valence-electron chi connectivity index (χ1n) is 5.89. The van der Waals surface area contributed by atoms with Gasteiger partial charge in [0.1, 0.15) is 0 Å². The van der Waals surface area contributed by atoms with Crippen LogP contribution in [0.2, 0.25) is 0 Å². The molecule has 0 aliphatic rings. The van der Waals surface area contributed by atoms with Crippen LogP contribution in [0.25, 0.3) is 5.69 Å². The minimum atomic E-state index is 0.766. The van der Waals surface area contributed by atoms with Crippen LogP contribution in [-0.2, 0) is 6.54 Å². The average Bonchev–Trinajstić information content (AvgIpc) is 3.06. The summed E-state index contributed by atoms with van der Waals surface area (Å²) >= 11 is 5.26. The van der Waals surface area contributed by atoms with Crippen molar-refractivity contribution in [1.82, 2.24) is 9.55 Å². The molecule has 0 saturated carbocycles.